The van der Waals surface area contributed by atoms with Crippen molar-refractivity contribution in [2.24, 2.45) is 0 Å². The molecule has 1 aromatic carbocycles. The molecule has 0 saturated carbocycles. The van der Waals surface area contributed by atoms with Crippen LogP contribution in [0.15, 0.2) is 36.7 Å². The van der Waals surface area contributed by atoms with Gasteiger partial charge in [-0.05, 0) is 43.1 Å². The van der Waals surface area contributed by atoms with Crippen molar-refractivity contribution in [3.63, 3.8) is 0 Å². The molecule has 2 aromatic rings. The van der Waals surface area contributed by atoms with Gasteiger partial charge in [-0.15, -0.1) is 0 Å². The molecular weight excluding hydrogens is 248 g/mol. The summed E-state index contributed by atoms with van der Waals surface area (Å²) in [5.74, 6) is 0.820. The Labute approximate surface area is 121 Å². The Balaban J connectivity index is 2.26. The van der Waals surface area contributed by atoms with E-state index in [1.165, 1.54) is 16.7 Å². The van der Waals surface area contributed by atoms with Crippen LogP contribution in [-0.2, 0) is 6.54 Å². The molecule has 3 heteroatoms. The van der Waals surface area contributed by atoms with Gasteiger partial charge >= 0.3 is 0 Å². The molecule has 0 aliphatic rings. The first-order valence-electron chi connectivity index (χ1n) is 7.13. The third-order valence-electron chi connectivity index (χ3n) is 3.21. The van der Waals surface area contributed by atoms with Crippen LogP contribution in [0, 0.1) is 6.92 Å². The fourth-order valence-corrected chi connectivity index (χ4v) is 2.24. The second kappa shape index (κ2) is 7.06. The molecule has 0 unspecified atom stereocenters. The van der Waals surface area contributed by atoms with E-state index in [0.29, 0.717) is 6.61 Å². The first-order valence-corrected chi connectivity index (χ1v) is 7.13. The number of hydrogen-bond acceptors (Lipinski definition) is 3. The molecule has 20 heavy (non-hydrogen) atoms. The molecule has 0 atom stereocenters. The molecule has 1 N–H and O–H groups in total. The van der Waals surface area contributed by atoms with Gasteiger partial charge in [-0.3, -0.25) is 4.98 Å². The van der Waals surface area contributed by atoms with E-state index >= 15 is 0 Å². The molecule has 3 nitrogen and oxygen atoms in total. The first-order chi connectivity index (χ1) is 9.74. The molecule has 0 amide bonds. The normalized spacial score (nSPS) is 10.6. The van der Waals surface area contributed by atoms with Gasteiger partial charge in [0.1, 0.15) is 5.75 Å². The highest BCUT2D eigenvalue weighted by molar-refractivity contribution is 5.67. The molecule has 2 rings (SSSR count). The van der Waals surface area contributed by atoms with Gasteiger partial charge in [0.05, 0.1) is 12.8 Å². The molecule has 0 aliphatic heterocycles. The van der Waals surface area contributed by atoms with Crippen molar-refractivity contribution in [3.8, 4) is 16.9 Å². The summed E-state index contributed by atoms with van der Waals surface area (Å²) in [4.78, 5) is 4.26. The standard InChI is InChI=1S/C17H22N2O/c1-4-18-10-14-6-7-17(13(3)8-14)15-9-16(20-5-2)12-19-11-15/h6-9,11-12,18H,4-5,10H2,1-3H3. The summed E-state index contributed by atoms with van der Waals surface area (Å²) >= 11 is 0. The van der Waals surface area contributed by atoms with E-state index in [1.54, 1.807) is 6.20 Å². The highest BCUT2D eigenvalue weighted by atomic mass is 16.5. The molecule has 0 aliphatic carbocycles. The monoisotopic (exact) mass is 270 g/mol. The topological polar surface area (TPSA) is 34.2 Å². The van der Waals surface area contributed by atoms with E-state index in [2.05, 4.69) is 42.3 Å². The number of nitrogens with zero attached hydrogens (tertiary/aromatic N) is 1. The molecule has 0 fully saturated rings. The summed E-state index contributed by atoms with van der Waals surface area (Å²) in [6.45, 7) is 8.79. The van der Waals surface area contributed by atoms with Crippen molar-refractivity contribution >= 4 is 0 Å². The van der Waals surface area contributed by atoms with E-state index < -0.39 is 0 Å². The van der Waals surface area contributed by atoms with E-state index in [4.69, 9.17) is 4.74 Å². The first kappa shape index (κ1) is 14.5. The van der Waals surface area contributed by atoms with E-state index in [1.807, 2.05) is 19.2 Å². The van der Waals surface area contributed by atoms with Gasteiger partial charge in [-0.2, -0.15) is 0 Å². The Kier molecular flexibility index (Phi) is 5.13. The minimum atomic E-state index is 0.658. The van der Waals surface area contributed by atoms with Gasteiger partial charge in [-0.1, -0.05) is 25.1 Å². The van der Waals surface area contributed by atoms with Crippen LogP contribution in [0.5, 0.6) is 5.75 Å². The summed E-state index contributed by atoms with van der Waals surface area (Å²) in [6, 6.07) is 8.60. The van der Waals surface area contributed by atoms with Gasteiger partial charge in [0.15, 0.2) is 0 Å². The molecular formula is C17H22N2O. The maximum atomic E-state index is 5.51. The molecule has 0 radical (unpaired) electrons. The van der Waals surface area contributed by atoms with Crippen molar-refractivity contribution in [2.45, 2.75) is 27.3 Å². The van der Waals surface area contributed by atoms with Crippen LogP contribution in [0.25, 0.3) is 11.1 Å². The Morgan fingerprint density at radius 2 is 2.00 bits per heavy atom. The second-order valence-electron chi connectivity index (χ2n) is 4.77. The van der Waals surface area contributed by atoms with Crippen LogP contribution in [0.3, 0.4) is 0 Å². The lowest BCUT2D eigenvalue weighted by atomic mass is 9.99. The largest absolute Gasteiger partial charge is 0.492 e. The molecule has 0 spiro atoms. The van der Waals surface area contributed by atoms with Gasteiger partial charge in [0, 0.05) is 18.3 Å². The summed E-state index contributed by atoms with van der Waals surface area (Å²) in [7, 11) is 0. The van der Waals surface area contributed by atoms with Gasteiger partial charge < -0.3 is 10.1 Å². The smallest absolute Gasteiger partial charge is 0.138 e. The number of aromatic nitrogens is 1. The molecule has 0 bridgehead atoms. The fourth-order valence-electron chi connectivity index (χ4n) is 2.24. The number of aryl methyl sites for hydroxylation is 1. The number of rotatable bonds is 6. The number of ether oxygens (including phenoxy) is 1. The minimum Gasteiger partial charge on any atom is -0.492 e. The Morgan fingerprint density at radius 1 is 1.15 bits per heavy atom. The maximum Gasteiger partial charge on any atom is 0.138 e. The summed E-state index contributed by atoms with van der Waals surface area (Å²) < 4.78 is 5.51. The molecule has 106 valence electrons. The zero-order chi connectivity index (χ0) is 14.4. The van der Waals surface area contributed by atoms with Crippen LogP contribution in [0.2, 0.25) is 0 Å². The highest BCUT2D eigenvalue weighted by Crippen LogP contribution is 2.26. The number of pyridine rings is 1. The zero-order valence-corrected chi connectivity index (χ0v) is 12.4. The van der Waals surface area contributed by atoms with E-state index in [0.717, 1.165) is 24.4 Å². The lowest BCUT2D eigenvalue weighted by Gasteiger charge is -2.10. The number of benzene rings is 1. The highest BCUT2D eigenvalue weighted by Gasteiger charge is 2.05. The van der Waals surface area contributed by atoms with Crippen molar-refractivity contribution < 1.29 is 4.74 Å². The third-order valence-corrected chi connectivity index (χ3v) is 3.21. The average Bonchev–Trinajstić information content (AvgIpc) is 2.46. The van der Waals surface area contributed by atoms with Crippen molar-refractivity contribution in [2.75, 3.05) is 13.2 Å². The summed E-state index contributed by atoms with van der Waals surface area (Å²) in [6.07, 6.45) is 3.64. The van der Waals surface area contributed by atoms with Crippen LogP contribution in [-0.4, -0.2) is 18.1 Å². The van der Waals surface area contributed by atoms with Crippen LogP contribution in [0.4, 0.5) is 0 Å². The van der Waals surface area contributed by atoms with E-state index in [9.17, 15) is 0 Å². The maximum absolute atomic E-state index is 5.51. The summed E-state index contributed by atoms with van der Waals surface area (Å²) in [5.41, 5.74) is 4.88. The second-order valence-corrected chi connectivity index (χ2v) is 4.77. The Morgan fingerprint density at radius 3 is 2.70 bits per heavy atom. The molecule has 0 saturated heterocycles. The van der Waals surface area contributed by atoms with Crippen molar-refractivity contribution in [1.82, 2.24) is 10.3 Å². The fraction of sp³-hybridized carbons (Fsp3) is 0.353. The van der Waals surface area contributed by atoms with Crippen molar-refractivity contribution in [1.29, 1.82) is 0 Å². The van der Waals surface area contributed by atoms with Crippen LogP contribution >= 0.6 is 0 Å². The van der Waals surface area contributed by atoms with Gasteiger partial charge in [0.2, 0.25) is 0 Å². The Bertz CT molecular complexity index is 567. The van der Waals surface area contributed by atoms with Gasteiger partial charge in [0.25, 0.3) is 0 Å². The number of nitrogens with one attached hydrogen (secondary N) is 1. The quantitative estimate of drug-likeness (QED) is 0.871. The SMILES string of the molecule is CCNCc1ccc(-c2cncc(OCC)c2)c(C)c1. The summed E-state index contributed by atoms with van der Waals surface area (Å²) in [5, 5.41) is 3.34. The van der Waals surface area contributed by atoms with Crippen LogP contribution in [0.1, 0.15) is 25.0 Å². The van der Waals surface area contributed by atoms with Crippen molar-refractivity contribution in [3.05, 3.63) is 47.8 Å². The molecule has 1 heterocycles. The predicted molar refractivity (Wildman–Crippen MR) is 83.0 cm³/mol. The molecule has 1 aromatic heterocycles. The average molecular weight is 270 g/mol. The third kappa shape index (κ3) is 3.58. The lowest BCUT2D eigenvalue weighted by Crippen LogP contribution is -2.11. The zero-order valence-electron chi connectivity index (χ0n) is 12.4. The predicted octanol–water partition coefficient (Wildman–Crippen LogP) is 3.57. The van der Waals surface area contributed by atoms with E-state index in [-0.39, 0.29) is 0 Å². The van der Waals surface area contributed by atoms with Gasteiger partial charge in [-0.25, -0.2) is 0 Å². The Hall–Kier alpha value is -1.87. The van der Waals surface area contributed by atoms with Crippen LogP contribution < -0.4 is 10.1 Å². The number of hydrogen-bond donors (Lipinski definition) is 1. The minimum absolute atomic E-state index is 0.658. The lowest BCUT2D eigenvalue weighted by molar-refractivity contribution is 0.339.